The molecule has 0 bridgehead atoms. The number of ether oxygens (including phenoxy) is 2. The van der Waals surface area contributed by atoms with E-state index in [1.807, 2.05) is 48.5 Å². The van der Waals surface area contributed by atoms with Crippen molar-refractivity contribution in [1.29, 1.82) is 0 Å². The number of anilines is 2. The highest BCUT2D eigenvalue weighted by Gasteiger charge is 2.00. The third-order valence-corrected chi connectivity index (χ3v) is 3.37. The standard InChI is InChI=1S/C18H18N4O2/c19-15-5-1-13(2-6-15)14-3-7-16(8-4-14)23-9-10-24-17-11-21-18(20)22-12-17/h1-8,11-12H,9-10,19H2,(H2,20,21,22). The molecule has 3 rings (SSSR count). The van der Waals surface area contributed by atoms with Crippen LogP contribution in [0, 0.1) is 0 Å². The lowest BCUT2D eigenvalue weighted by atomic mass is 10.1. The van der Waals surface area contributed by atoms with Gasteiger partial charge in [-0.3, -0.25) is 0 Å². The first-order valence-electron chi connectivity index (χ1n) is 7.50. The topological polar surface area (TPSA) is 96.3 Å². The van der Waals surface area contributed by atoms with Gasteiger partial charge in [0.15, 0.2) is 5.75 Å². The smallest absolute Gasteiger partial charge is 0.220 e. The molecule has 0 radical (unpaired) electrons. The van der Waals surface area contributed by atoms with Crippen LogP contribution in [0.4, 0.5) is 11.6 Å². The van der Waals surface area contributed by atoms with E-state index in [1.165, 1.54) is 12.4 Å². The third kappa shape index (κ3) is 4.13. The maximum atomic E-state index is 5.70. The summed E-state index contributed by atoms with van der Waals surface area (Å²) >= 11 is 0. The van der Waals surface area contributed by atoms with Crippen LogP contribution in [0.15, 0.2) is 60.9 Å². The molecule has 0 unspecified atom stereocenters. The van der Waals surface area contributed by atoms with Crippen molar-refractivity contribution in [3.05, 3.63) is 60.9 Å². The van der Waals surface area contributed by atoms with Crippen molar-refractivity contribution in [1.82, 2.24) is 9.97 Å². The number of nitrogen functional groups attached to an aromatic ring is 2. The van der Waals surface area contributed by atoms with E-state index in [2.05, 4.69) is 9.97 Å². The van der Waals surface area contributed by atoms with Gasteiger partial charge in [0.1, 0.15) is 19.0 Å². The maximum Gasteiger partial charge on any atom is 0.220 e. The predicted molar refractivity (Wildman–Crippen MR) is 93.7 cm³/mol. The second kappa shape index (κ2) is 7.32. The van der Waals surface area contributed by atoms with Crippen molar-refractivity contribution in [2.24, 2.45) is 0 Å². The first-order valence-corrected chi connectivity index (χ1v) is 7.50. The second-order valence-corrected chi connectivity index (χ2v) is 5.12. The first-order chi connectivity index (χ1) is 11.7. The number of rotatable bonds is 6. The van der Waals surface area contributed by atoms with Crippen molar-refractivity contribution in [2.75, 3.05) is 24.7 Å². The summed E-state index contributed by atoms with van der Waals surface area (Å²) < 4.78 is 11.1. The van der Waals surface area contributed by atoms with Gasteiger partial charge in [0, 0.05) is 5.69 Å². The monoisotopic (exact) mass is 322 g/mol. The molecule has 0 atom stereocenters. The van der Waals surface area contributed by atoms with Crippen molar-refractivity contribution in [3.63, 3.8) is 0 Å². The number of nitrogens with zero attached hydrogens (tertiary/aromatic N) is 2. The van der Waals surface area contributed by atoms with Crippen LogP contribution in [0.2, 0.25) is 0 Å². The van der Waals surface area contributed by atoms with E-state index < -0.39 is 0 Å². The minimum Gasteiger partial charge on any atom is -0.490 e. The highest BCUT2D eigenvalue weighted by molar-refractivity contribution is 5.66. The Kier molecular flexibility index (Phi) is 4.76. The van der Waals surface area contributed by atoms with Crippen LogP contribution in [0.25, 0.3) is 11.1 Å². The number of aromatic nitrogens is 2. The lowest BCUT2D eigenvalue weighted by molar-refractivity contribution is 0.216. The molecule has 24 heavy (non-hydrogen) atoms. The third-order valence-electron chi connectivity index (χ3n) is 3.37. The van der Waals surface area contributed by atoms with Crippen molar-refractivity contribution in [3.8, 4) is 22.6 Å². The molecule has 6 nitrogen and oxygen atoms in total. The van der Waals surface area contributed by atoms with Crippen LogP contribution in [-0.2, 0) is 0 Å². The van der Waals surface area contributed by atoms with Crippen molar-refractivity contribution >= 4 is 11.6 Å². The molecule has 0 aliphatic carbocycles. The second-order valence-electron chi connectivity index (χ2n) is 5.12. The molecule has 1 aromatic heterocycles. The largest absolute Gasteiger partial charge is 0.490 e. The van der Waals surface area contributed by atoms with E-state index in [4.69, 9.17) is 20.9 Å². The summed E-state index contributed by atoms with van der Waals surface area (Å²) in [6, 6.07) is 15.6. The Balaban J connectivity index is 1.49. The average Bonchev–Trinajstić information content (AvgIpc) is 2.62. The fourth-order valence-electron chi connectivity index (χ4n) is 2.14. The molecule has 6 heteroatoms. The SMILES string of the molecule is Nc1ccc(-c2ccc(OCCOc3cnc(N)nc3)cc2)cc1. The van der Waals surface area contributed by atoms with Gasteiger partial charge in [-0.1, -0.05) is 24.3 Å². The molecule has 0 saturated heterocycles. The fourth-order valence-corrected chi connectivity index (χ4v) is 2.14. The molecular formula is C18H18N4O2. The predicted octanol–water partition coefficient (Wildman–Crippen LogP) is 2.77. The number of nitrogens with two attached hydrogens (primary N) is 2. The number of hydrogen-bond acceptors (Lipinski definition) is 6. The van der Waals surface area contributed by atoms with Gasteiger partial charge in [-0.15, -0.1) is 0 Å². The van der Waals surface area contributed by atoms with Crippen LogP contribution < -0.4 is 20.9 Å². The lowest BCUT2D eigenvalue weighted by Crippen LogP contribution is -2.09. The molecule has 0 fully saturated rings. The van der Waals surface area contributed by atoms with E-state index >= 15 is 0 Å². The quantitative estimate of drug-likeness (QED) is 0.535. The molecule has 0 amide bonds. The van der Waals surface area contributed by atoms with Crippen molar-refractivity contribution in [2.45, 2.75) is 0 Å². The normalized spacial score (nSPS) is 10.3. The molecule has 0 spiro atoms. The van der Waals surface area contributed by atoms with Gasteiger partial charge < -0.3 is 20.9 Å². The fraction of sp³-hybridized carbons (Fsp3) is 0.111. The molecule has 122 valence electrons. The van der Waals surface area contributed by atoms with E-state index in [1.54, 1.807) is 0 Å². The lowest BCUT2D eigenvalue weighted by Gasteiger charge is -2.09. The summed E-state index contributed by atoms with van der Waals surface area (Å²) in [5.74, 6) is 1.57. The minimum atomic E-state index is 0.222. The Morgan fingerprint density at radius 2 is 1.17 bits per heavy atom. The van der Waals surface area contributed by atoms with Crippen LogP contribution in [0.5, 0.6) is 11.5 Å². The van der Waals surface area contributed by atoms with E-state index in [-0.39, 0.29) is 5.95 Å². The van der Waals surface area contributed by atoms with Gasteiger partial charge in [0.25, 0.3) is 0 Å². The summed E-state index contributed by atoms with van der Waals surface area (Å²) in [5.41, 5.74) is 14.1. The van der Waals surface area contributed by atoms with Gasteiger partial charge in [0.05, 0.1) is 12.4 Å². The zero-order valence-corrected chi connectivity index (χ0v) is 13.1. The van der Waals surface area contributed by atoms with Crippen LogP contribution in [-0.4, -0.2) is 23.2 Å². The average molecular weight is 322 g/mol. The summed E-state index contributed by atoms with van der Waals surface area (Å²) in [7, 11) is 0. The molecule has 0 aliphatic heterocycles. The Labute approximate surface area is 140 Å². The van der Waals surface area contributed by atoms with Gasteiger partial charge in [-0.05, 0) is 35.4 Å². The number of hydrogen-bond donors (Lipinski definition) is 2. The van der Waals surface area contributed by atoms with Crippen molar-refractivity contribution < 1.29 is 9.47 Å². The summed E-state index contributed by atoms with van der Waals surface area (Å²) in [6.45, 7) is 0.818. The summed E-state index contributed by atoms with van der Waals surface area (Å²) in [5, 5.41) is 0. The van der Waals surface area contributed by atoms with Gasteiger partial charge >= 0.3 is 0 Å². The van der Waals surface area contributed by atoms with E-state index in [0.717, 1.165) is 22.6 Å². The molecule has 1 heterocycles. The van der Waals surface area contributed by atoms with Crippen LogP contribution in [0.1, 0.15) is 0 Å². The summed E-state index contributed by atoms with van der Waals surface area (Å²) in [4.78, 5) is 7.71. The maximum absolute atomic E-state index is 5.70. The molecule has 4 N–H and O–H groups in total. The van der Waals surface area contributed by atoms with Gasteiger partial charge in [0.2, 0.25) is 5.95 Å². The van der Waals surface area contributed by atoms with Gasteiger partial charge in [-0.25, -0.2) is 9.97 Å². The van der Waals surface area contributed by atoms with Crippen LogP contribution >= 0.6 is 0 Å². The number of benzene rings is 2. The Hall–Kier alpha value is -3.28. The molecule has 0 saturated carbocycles. The Morgan fingerprint density at radius 1 is 0.667 bits per heavy atom. The zero-order chi connectivity index (χ0) is 16.8. The molecular weight excluding hydrogens is 304 g/mol. The molecule has 3 aromatic rings. The minimum absolute atomic E-state index is 0.222. The Bertz CT molecular complexity index is 772. The van der Waals surface area contributed by atoms with Crippen LogP contribution in [0.3, 0.4) is 0 Å². The summed E-state index contributed by atoms with van der Waals surface area (Å²) in [6.07, 6.45) is 3.06. The molecule has 2 aromatic carbocycles. The van der Waals surface area contributed by atoms with Gasteiger partial charge in [-0.2, -0.15) is 0 Å². The van der Waals surface area contributed by atoms with E-state index in [0.29, 0.717) is 19.0 Å². The zero-order valence-electron chi connectivity index (χ0n) is 13.1. The highest BCUT2D eigenvalue weighted by atomic mass is 16.5. The Morgan fingerprint density at radius 3 is 1.75 bits per heavy atom. The first kappa shape index (κ1) is 15.6. The molecule has 0 aliphatic rings. The highest BCUT2D eigenvalue weighted by Crippen LogP contribution is 2.23. The van der Waals surface area contributed by atoms with E-state index in [9.17, 15) is 0 Å².